The molecule has 1 atom stereocenters. The van der Waals surface area contributed by atoms with Crippen molar-refractivity contribution < 1.29 is 0 Å². The second kappa shape index (κ2) is 4.17. The summed E-state index contributed by atoms with van der Waals surface area (Å²) in [5.74, 6) is 0. The fourth-order valence-corrected chi connectivity index (χ4v) is 2.85. The van der Waals surface area contributed by atoms with Crippen LogP contribution in [0.1, 0.15) is 26.9 Å². The SMILES string of the molecule is Cc1cc(C)c(C(N)c2ccccc2)s1. The number of rotatable bonds is 2. The molecule has 0 saturated carbocycles. The summed E-state index contributed by atoms with van der Waals surface area (Å²) in [6.45, 7) is 4.25. The zero-order chi connectivity index (χ0) is 10.8. The molecule has 0 saturated heterocycles. The molecular weight excluding hydrogens is 202 g/mol. The minimum Gasteiger partial charge on any atom is -0.320 e. The highest BCUT2D eigenvalue weighted by Crippen LogP contribution is 2.29. The monoisotopic (exact) mass is 217 g/mol. The van der Waals surface area contributed by atoms with Gasteiger partial charge in [0.05, 0.1) is 6.04 Å². The topological polar surface area (TPSA) is 26.0 Å². The van der Waals surface area contributed by atoms with Gasteiger partial charge in [0.2, 0.25) is 0 Å². The highest BCUT2D eigenvalue weighted by atomic mass is 32.1. The Kier molecular flexibility index (Phi) is 2.89. The molecule has 1 aromatic carbocycles. The van der Waals surface area contributed by atoms with E-state index in [0.29, 0.717) is 0 Å². The van der Waals surface area contributed by atoms with Crippen LogP contribution in [0.2, 0.25) is 0 Å². The van der Waals surface area contributed by atoms with E-state index in [1.54, 1.807) is 11.3 Å². The molecule has 2 N–H and O–H groups in total. The molecule has 2 rings (SSSR count). The number of benzene rings is 1. The van der Waals surface area contributed by atoms with E-state index < -0.39 is 0 Å². The van der Waals surface area contributed by atoms with Crippen LogP contribution in [0.25, 0.3) is 0 Å². The summed E-state index contributed by atoms with van der Waals surface area (Å²) in [7, 11) is 0. The lowest BCUT2D eigenvalue weighted by Gasteiger charge is -2.11. The first-order valence-electron chi connectivity index (χ1n) is 5.06. The summed E-state index contributed by atoms with van der Waals surface area (Å²) < 4.78 is 0. The number of hydrogen-bond acceptors (Lipinski definition) is 2. The summed E-state index contributed by atoms with van der Waals surface area (Å²) in [5, 5.41) is 0. The van der Waals surface area contributed by atoms with Gasteiger partial charge >= 0.3 is 0 Å². The molecule has 0 radical (unpaired) electrons. The van der Waals surface area contributed by atoms with E-state index in [0.717, 1.165) is 0 Å². The number of hydrogen-bond donors (Lipinski definition) is 1. The van der Waals surface area contributed by atoms with Crippen LogP contribution in [-0.2, 0) is 0 Å². The predicted octanol–water partition coefficient (Wildman–Crippen LogP) is 3.41. The third-order valence-electron chi connectivity index (χ3n) is 2.52. The maximum absolute atomic E-state index is 6.24. The van der Waals surface area contributed by atoms with Gasteiger partial charge in [-0.25, -0.2) is 0 Å². The van der Waals surface area contributed by atoms with Crippen LogP contribution in [-0.4, -0.2) is 0 Å². The van der Waals surface area contributed by atoms with E-state index in [1.807, 2.05) is 18.2 Å². The Labute approximate surface area is 94.6 Å². The van der Waals surface area contributed by atoms with Crippen LogP contribution in [0.5, 0.6) is 0 Å². The molecule has 0 aliphatic carbocycles. The van der Waals surface area contributed by atoms with Crippen molar-refractivity contribution in [3.63, 3.8) is 0 Å². The second-order valence-corrected chi connectivity index (χ2v) is 5.08. The van der Waals surface area contributed by atoms with E-state index in [2.05, 4.69) is 32.0 Å². The fourth-order valence-electron chi connectivity index (χ4n) is 1.78. The van der Waals surface area contributed by atoms with Crippen molar-refractivity contribution in [2.75, 3.05) is 0 Å². The maximum atomic E-state index is 6.24. The van der Waals surface area contributed by atoms with Gasteiger partial charge in [-0.05, 0) is 31.0 Å². The molecule has 0 amide bonds. The first kappa shape index (κ1) is 10.4. The summed E-state index contributed by atoms with van der Waals surface area (Å²) in [4.78, 5) is 2.60. The van der Waals surface area contributed by atoms with Crippen LogP contribution in [0, 0.1) is 13.8 Å². The molecule has 2 aromatic rings. The van der Waals surface area contributed by atoms with Crippen LogP contribution < -0.4 is 5.73 Å². The second-order valence-electron chi connectivity index (χ2n) is 3.79. The molecule has 0 bridgehead atoms. The van der Waals surface area contributed by atoms with Gasteiger partial charge in [0.1, 0.15) is 0 Å². The van der Waals surface area contributed by atoms with E-state index in [4.69, 9.17) is 5.73 Å². The van der Waals surface area contributed by atoms with Crippen molar-refractivity contribution in [1.82, 2.24) is 0 Å². The zero-order valence-electron chi connectivity index (χ0n) is 9.03. The van der Waals surface area contributed by atoms with Crippen molar-refractivity contribution in [2.45, 2.75) is 19.9 Å². The van der Waals surface area contributed by atoms with E-state index in [9.17, 15) is 0 Å². The zero-order valence-corrected chi connectivity index (χ0v) is 9.84. The average Bonchev–Trinajstić information content (AvgIpc) is 2.58. The molecule has 78 valence electrons. The number of aryl methyl sites for hydroxylation is 2. The first-order chi connectivity index (χ1) is 7.18. The normalized spacial score (nSPS) is 12.7. The van der Waals surface area contributed by atoms with Crippen molar-refractivity contribution in [3.05, 3.63) is 57.3 Å². The summed E-state index contributed by atoms with van der Waals surface area (Å²) >= 11 is 1.79. The van der Waals surface area contributed by atoms with Gasteiger partial charge < -0.3 is 5.73 Å². The summed E-state index contributed by atoms with van der Waals surface area (Å²) in [6.07, 6.45) is 0. The quantitative estimate of drug-likeness (QED) is 0.819. The van der Waals surface area contributed by atoms with Crippen molar-refractivity contribution >= 4 is 11.3 Å². The molecule has 1 nitrogen and oxygen atoms in total. The first-order valence-corrected chi connectivity index (χ1v) is 5.87. The van der Waals surface area contributed by atoms with Crippen molar-refractivity contribution in [1.29, 1.82) is 0 Å². The molecule has 0 fully saturated rings. The van der Waals surface area contributed by atoms with Crippen LogP contribution in [0.4, 0.5) is 0 Å². The average molecular weight is 217 g/mol. The van der Waals surface area contributed by atoms with E-state index >= 15 is 0 Å². The molecule has 0 aliphatic heterocycles. The molecule has 1 heterocycles. The Balaban J connectivity index is 2.36. The Hall–Kier alpha value is -1.12. The molecular formula is C13H15NS. The molecule has 2 heteroatoms. The van der Waals surface area contributed by atoms with Gasteiger partial charge in [-0.1, -0.05) is 30.3 Å². The number of thiophene rings is 1. The molecule has 15 heavy (non-hydrogen) atoms. The minimum absolute atomic E-state index is 0.0184. The van der Waals surface area contributed by atoms with Gasteiger partial charge in [-0.3, -0.25) is 0 Å². The summed E-state index contributed by atoms with van der Waals surface area (Å²) in [6, 6.07) is 12.5. The Morgan fingerprint density at radius 3 is 2.33 bits per heavy atom. The lowest BCUT2D eigenvalue weighted by atomic mass is 10.0. The Morgan fingerprint density at radius 2 is 1.80 bits per heavy atom. The fraction of sp³-hybridized carbons (Fsp3) is 0.231. The van der Waals surface area contributed by atoms with Crippen molar-refractivity contribution in [2.24, 2.45) is 5.73 Å². The van der Waals surface area contributed by atoms with Gasteiger partial charge in [0.15, 0.2) is 0 Å². The molecule has 0 spiro atoms. The third-order valence-corrected chi connectivity index (χ3v) is 3.76. The van der Waals surface area contributed by atoms with Crippen LogP contribution in [0.15, 0.2) is 36.4 Å². The number of nitrogens with two attached hydrogens (primary N) is 1. The van der Waals surface area contributed by atoms with Crippen molar-refractivity contribution in [3.8, 4) is 0 Å². The van der Waals surface area contributed by atoms with Gasteiger partial charge in [0.25, 0.3) is 0 Å². The predicted molar refractivity (Wildman–Crippen MR) is 66.3 cm³/mol. The van der Waals surface area contributed by atoms with Crippen LogP contribution >= 0.6 is 11.3 Å². The van der Waals surface area contributed by atoms with Gasteiger partial charge in [-0.15, -0.1) is 11.3 Å². The van der Waals surface area contributed by atoms with E-state index in [-0.39, 0.29) is 6.04 Å². The molecule has 1 aromatic heterocycles. The van der Waals surface area contributed by atoms with Crippen LogP contribution in [0.3, 0.4) is 0 Å². The molecule has 1 unspecified atom stereocenters. The lowest BCUT2D eigenvalue weighted by molar-refractivity contribution is 0.885. The van der Waals surface area contributed by atoms with E-state index in [1.165, 1.54) is 20.9 Å². The third kappa shape index (κ3) is 2.11. The Morgan fingerprint density at radius 1 is 1.13 bits per heavy atom. The lowest BCUT2D eigenvalue weighted by Crippen LogP contribution is -2.10. The maximum Gasteiger partial charge on any atom is 0.0648 e. The Bertz CT molecular complexity index is 445. The largest absolute Gasteiger partial charge is 0.320 e. The minimum atomic E-state index is 0.0184. The van der Waals surface area contributed by atoms with Gasteiger partial charge in [0, 0.05) is 9.75 Å². The molecule has 0 aliphatic rings. The summed E-state index contributed by atoms with van der Waals surface area (Å²) in [5.41, 5.74) is 8.72. The highest BCUT2D eigenvalue weighted by molar-refractivity contribution is 7.12. The smallest absolute Gasteiger partial charge is 0.0648 e. The highest BCUT2D eigenvalue weighted by Gasteiger charge is 2.13. The van der Waals surface area contributed by atoms with Gasteiger partial charge in [-0.2, -0.15) is 0 Å². The standard InChI is InChI=1S/C13H15NS/c1-9-8-10(2)15-13(9)12(14)11-6-4-3-5-7-11/h3-8,12H,14H2,1-2H3.